The second kappa shape index (κ2) is 8.85. The molecule has 0 N–H and O–H groups in total. The van der Waals surface area contributed by atoms with Crippen LogP contribution in [-0.2, 0) is 6.42 Å². The van der Waals surface area contributed by atoms with Crippen LogP contribution < -0.4 is 9.80 Å². The van der Waals surface area contributed by atoms with Gasteiger partial charge in [0.05, 0.1) is 11.7 Å². The zero-order chi connectivity index (χ0) is 22.9. The van der Waals surface area contributed by atoms with Crippen molar-refractivity contribution in [3.63, 3.8) is 0 Å². The monoisotopic (exact) mass is 441 g/mol. The molecule has 0 unspecified atom stereocenters. The molecule has 3 heterocycles. The number of carbonyl (C=O) groups excluding carboxylic acids is 1. The fraction of sp³-hybridized carbons (Fsp3) is 0.370. The van der Waals surface area contributed by atoms with Gasteiger partial charge in [-0.25, -0.2) is 9.97 Å². The van der Waals surface area contributed by atoms with Crippen LogP contribution in [0.25, 0.3) is 11.1 Å². The van der Waals surface area contributed by atoms with Crippen molar-refractivity contribution in [2.75, 3.05) is 44.0 Å². The van der Waals surface area contributed by atoms with Gasteiger partial charge in [-0.15, -0.1) is 0 Å². The Kier molecular flexibility index (Phi) is 5.75. The van der Waals surface area contributed by atoms with Crippen LogP contribution in [0.1, 0.15) is 46.9 Å². The molecule has 6 nitrogen and oxygen atoms in total. The first-order valence-electron chi connectivity index (χ1n) is 11.8. The lowest BCUT2D eigenvalue weighted by Gasteiger charge is -2.29. The van der Waals surface area contributed by atoms with Crippen molar-refractivity contribution in [1.29, 1.82) is 0 Å². The number of nitrogens with zero attached hydrogens (tertiary/aromatic N) is 5. The molecule has 5 rings (SSSR count). The number of aryl methyl sites for hydroxylation is 1. The van der Waals surface area contributed by atoms with Crippen molar-refractivity contribution in [3.05, 3.63) is 71.5 Å². The molecule has 33 heavy (non-hydrogen) atoms. The van der Waals surface area contributed by atoms with Crippen molar-refractivity contribution in [2.45, 2.75) is 31.7 Å². The van der Waals surface area contributed by atoms with Gasteiger partial charge in [0, 0.05) is 57.2 Å². The number of benzene rings is 2. The normalized spacial score (nSPS) is 17.7. The summed E-state index contributed by atoms with van der Waals surface area (Å²) < 4.78 is 0. The molecule has 1 aromatic heterocycles. The number of carbonyl (C=O) groups is 1. The molecule has 1 atom stereocenters. The van der Waals surface area contributed by atoms with Gasteiger partial charge in [-0.05, 0) is 55.0 Å². The number of hydrogen-bond donors (Lipinski definition) is 0. The number of likely N-dealkylation sites (tertiary alicyclic amines) is 1. The maximum absolute atomic E-state index is 13.7. The fourth-order valence-electron chi connectivity index (χ4n) is 5.07. The predicted molar refractivity (Wildman–Crippen MR) is 133 cm³/mol. The van der Waals surface area contributed by atoms with Gasteiger partial charge in [-0.1, -0.05) is 30.3 Å². The van der Waals surface area contributed by atoms with Gasteiger partial charge >= 0.3 is 0 Å². The van der Waals surface area contributed by atoms with Gasteiger partial charge in [0.1, 0.15) is 0 Å². The van der Waals surface area contributed by atoms with Crippen LogP contribution >= 0.6 is 0 Å². The van der Waals surface area contributed by atoms with E-state index in [1.165, 1.54) is 11.3 Å². The van der Waals surface area contributed by atoms with Gasteiger partial charge in [-0.3, -0.25) is 4.79 Å². The number of amides is 1. The third-order valence-electron chi connectivity index (χ3n) is 6.80. The maximum Gasteiger partial charge on any atom is 0.254 e. The van der Waals surface area contributed by atoms with E-state index < -0.39 is 0 Å². The van der Waals surface area contributed by atoms with Crippen LogP contribution in [0.3, 0.4) is 0 Å². The highest BCUT2D eigenvalue weighted by molar-refractivity contribution is 5.95. The Morgan fingerprint density at radius 1 is 1.06 bits per heavy atom. The number of rotatable bonds is 4. The molecule has 170 valence electrons. The molecule has 2 aliphatic rings. The Morgan fingerprint density at radius 2 is 1.88 bits per heavy atom. The van der Waals surface area contributed by atoms with Gasteiger partial charge in [-0.2, -0.15) is 0 Å². The average Bonchev–Trinajstić information content (AvgIpc) is 3.33. The first-order valence-corrected chi connectivity index (χ1v) is 11.8. The molecule has 3 aromatic rings. The summed E-state index contributed by atoms with van der Waals surface area (Å²) in [5, 5.41) is 0. The summed E-state index contributed by atoms with van der Waals surface area (Å²) >= 11 is 0. The Morgan fingerprint density at radius 3 is 2.67 bits per heavy atom. The summed E-state index contributed by atoms with van der Waals surface area (Å²) in [5.41, 5.74) is 6.30. The predicted octanol–water partition coefficient (Wildman–Crippen LogP) is 4.57. The second-order valence-electron chi connectivity index (χ2n) is 9.25. The number of anilines is 2. The smallest absolute Gasteiger partial charge is 0.254 e. The molecule has 0 radical (unpaired) electrons. The SMILES string of the molecule is CN(C)c1ncc(-c2ccccc2)c([C@H]2CCCN2C(=O)c2ccc3c(c2)CCCN3C)n1. The second-order valence-corrected chi connectivity index (χ2v) is 9.25. The molecule has 1 amide bonds. The van der Waals surface area contributed by atoms with Crippen LogP contribution in [0.5, 0.6) is 0 Å². The number of aromatic nitrogens is 2. The lowest BCUT2D eigenvalue weighted by Crippen LogP contribution is -2.32. The fourth-order valence-corrected chi connectivity index (χ4v) is 5.07. The molecule has 6 heteroatoms. The van der Waals surface area contributed by atoms with Crippen LogP contribution in [0.2, 0.25) is 0 Å². The van der Waals surface area contributed by atoms with Gasteiger partial charge in [0.2, 0.25) is 5.95 Å². The van der Waals surface area contributed by atoms with E-state index in [0.29, 0.717) is 5.95 Å². The number of fused-ring (bicyclic) bond motifs is 1. The summed E-state index contributed by atoms with van der Waals surface area (Å²) in [5.74, 6) is 0.762. The minimum absolute atomic E-state index is 0.0619. The maximum atomic E-state index is 13.7. The van der Waals surface area contributed by atoms with E-state index in [0.717, 1.165) is 61.2 Å². The van der Waals surface area contributed by atoms with Crippen molar-refractivity contribution >= 4 is 17.5 Å². The zero-order valence-electron chi connectivity index (χ0n) is 19.7. The minimum Gasteiger partial charge on any atom is -0.374 e. The van der Waals surface area contributed by atoms with Crippen molar-refractivity contribution in [1.82, 2.24) is 14.9 Å². The van der Waals surface area contributed by atoms with E-state index >= 15 is 0 Å². The Bertz CT molecular complexity index is 1160. The molecule has 0 spiro atoms. The largest absolute Gasteiger partial charge is 0.374 e. The van der Waals surface area contributed by atoms with E-state index in [1.807, 2.05) is 54.4 Å². The quantitative estimate of drug-likeness (QED) is 0.594. The lowest BCUT2D eigenvalue weighted by molar-refractivity contribution is 0.0733. The van der Waals surface area contributed by atoms with E-state index in [4.69, 9.17) is 4.98 Å². The highest BCUT2D eigenvalue weighted by Gasteiger charge is 2.34. The average molecular weight is 442 g/mol. The summed E-state index contributed by atoms with van der Waals surface area (Å²) in [4.78, 5) is 29.5. The molecular formula is C27H31N5O. The topological polar surface area (TPSA) is 52.6 Å². The van der Waals surface area contributed by atoms with Crippen molar-refractivity contribution in [2.24, 2.45) is 0 Å². The molecule has 0 bridgehead atoms. The van der Waals surface area contributed by atoms with Gasteiger partial charge in [0.15, 0.2) is 0 Å². The lowest BCUT2D eigenvalue weighted by atomic mass is 9.98. The molecule has 2 aliphatic heterocycles. The summed E-state index contributed by atoms with van der Waals surface area (Å²) in [6.07, 6.45) is 5.94. The first-order chi connectivity index (χ1) is 16.0. The van der Waals surface area contributed by atoms with Gasteiger partial charge < -0.3 is 14.7 Å². The van der Waals surface area contributed by atoms with E-state index in [-0.39, 0.29) is 11.9 Å². The third kappa shape index (κ3) is 4.06. The van der Waals surface area contributed by atoms with E-state index in [9.17, 15) is 4.79 Å². The van der Waals surface area contributed by atoms with Crippen LogP contribution in [-0.4, -0.2) is 55.0 Å². The van der Waals surface area contributed by atoms with E-state index in [2.05, 4.69) is 41.2 Å². The zero-order valence-corrected chi connectivity index (χ0v) is 19.7. The van der Waals surface area contributed by atoms with E-state index in [1.54, 1.807) is 0 Å². The summed E-state index contributed by atoms with van der Waals surface area (Å²) in [6.45, 7) is 1.81. The van der Waals surface area contributed by atoms with Crippen molar-refractivity contribution in [3.8, 4) is 11.1 Å². The standard InChI is InChI=1S/C27H31N5O/c1-30(2)27-28-18-22(19-9-5-4-6-10-19)25(29-27)24-12-8-16-32(24)26(33)21-13-14-23-20(17-21)11-7-15-31(23)3/h4-6,9-10,13-14,17-18,24H,7-8,11-12,15-16H2,1-3H3/t24-/m1/s1. The highest BCUT2D eigenvalue weighted by atomic mass is 16.2. The molecular weight excluding hydrogens is 410 g/mol. The first kappa shape index (κ1) is 21.4. The minimum atomic E-state index is -0.0619. The summed E-state index contributed by atoms with van der Waals surface area (Å²) in [7, 11) is 6.02. The Hall–Kier alpha value is -3.41. The Labute approximate surface area is 195 Å². The molecule has 0 saturated carbocycles. The van der Waals surface area contributed by atoms with Gasteiger partial charge in [0.25, 0.3) is 5.91 Å². The Balaban J connectivity index is 1.52. The molecule has 1 saturated heterocycles. The van der Waals surface area contributed by atoms with Crippen LogP contribution in [0.15, 0.2) is 54.7 Å². The van der Waals surface area contributed by atoms with Crippen LogP contribution in [0.4, 0.5) is 11.6 Å². The summed E-state index contributed by atoms with van der Waals surface area (Å²) in [6, 6.07) is 16.4. The van der Waals surface area contributed by atoms with Crippen molar-refractivity contribution < 1.29 is 4.79 Å². The molecule has 2 aromatic carbocycles. The third-order valence-corrected chi connectivity index (χ3v) is 6.80. The molecule has 0 aliphatic carbocycles. The highest BCUT2D eigenvalue weighted by Crippen LogP contribution is 2.38. The molecule has 1 fully saturated rings. The van der Waals surface area contributed by atoms with Crippen LogP contribution in [0, 0.1) is 0 Å². The number of hydrogen-bond acceptors (Lipinski definition) is 5.